The maximum atomic E-state index is 11.8. The van der Waals surface area contributed by atoms with Crippen LogP contribution in [0.2, 0.25) is 0 Å². The summed E-state index contributed by atoms with van der Waals surface area (Å²) in [6.07, 6.45) is 3.85. The number of aryl methyl sites for hydroxylation is 1. The van der Waals surface area contributed by atoms with Crippen LogP contribution in [-0.4, -0.2) is 19.0 Å². The van der Waals surface area contributed by atoms with Gasteiger partial charge in [0.2, 0.25) is 5.91 Å². The quantitative estimate of drug-likeness (QED) is 0.692. The van der Waals surface area contributed by atoms with Crippen molar-refractivity contribution in [3.05, 3.63) is 35.9 Å². The van der Waals surface area contributed by atoms with Crippen molar-refractivity contribution in [2.45, 2.75) is 32.6 Å². The molecule has 3 heteroatoms. The van der Waals surface area contributed by atoms with E-state index in [-0.39, 0.29) is 11.8 Å². The van der Waals surface area contributed by atoms with Crippen LogP contribution < -0.4 is 11.1 Å². The smallest absolute Gasteiger partial charge is 0.224 e. The van der Waals surface area contributed by atoms with Crippen molar-refractivity contribution in [1.82, 2.24) is 5.32 Å². The normalized spacial score (nSPS) is 12.1. The molecule has 0 aliphatic rings. The summed E-state index contributed by atoms with van der Waals surface area (Å²) in [7, 11) is 0. The Balaban J connectivity index is 2.19. The molecule has 0 saturated carbocycles. The number of rotatable bonds is 8. The Hall–Kier alpha value is -1.35. The lowest BCUT2D eigenvalue weighted by Gasteiger charge is -2.13. The number of amides is 1. The van der Waals surface area contributed by atoms with E-state index in [9.17, 15) is 4.79 Å². The van der Waals surface area contributed by atoms with Crippen molar-refractivity contribution < 1.29 is 4.79 Å². The SMILES string of the molecule is CCCC(CN)C(=O)NCCCc1ccccc1. The van der Waals surface area contributed by atoms with Gasteiger partial charge in [0.1, 0.15) is 0 Å². The van der Waals surface area contributed by atoms with Crippen molar-refractivity contribution in [3.8, 4) is 0 Å². The van der Waals surface area contributed by atoms with Gasteiger partial charge < -0.3 is 11.1 Å². The number of benzene rings is 1. The van der Waals surface area contributed by atoms with Crippen LogP contribution in [-0.2, 0) is 11.2 Å². The number of nitrogens with two attached hydrogens (primary N) is 1. The molecule has 1 rings (SSSR count). The summed E-state index contributed by atoms with van der Waals surface area (Å²) in [6.45, 7) is 3.25. The molecule has 0 fully saturated rings. The first-order valence-electron chi connectivity index (χ1n) is 6.79. The highest BCUT2D eigenvalue weighted by atomic mass is 16.1. The minimum absolute atomic E-state index is 0.0216. The standard InChI is InChI=1S/C15H24N2O/c1-2-7-14(12-16)15(18)17-11-6-10-13-8-4-3-5-9-13/h3-5,8-9,14H,2,6-7,10-12,16H2,1H3,(H,17,18). The molecule has 1 atom stereocenters. The summed E-state index contributed by atoms with van der Waals surface area (Å²) in [4.78, 5) is 11.8. The number of hydrogen-bond acceptors (Lipinski definition) is 2. The molecule has 0 radical (unpaired) electrons. The van der Waals surface area contributed by atoms with Crippen molar-refractivity contribution in [2.24, 2.45) is 11.7 Å². The van der Waals surface area contributed by atoms with Gasteiger partial charge in [-0.3, -0.25) is 4.79 Å². The van der Waals surface area contributed by atoms with Crippen LogP contribution in [0.15, 0.2) is 30.3 Å². The summed E-state index contributed by atoms with van der Waals surface area (Å²) < 4.78 is 0. The van der Waals surface area contributed by atoms with Gasteiger partial charge in [-0.2, -0.15) is 0 Å². The van der Waals surface area contributed by atoms with E-state index in [0.29, 0.717) is 6.54 Å². The van der Waals surface area contributed by atoms with Crippen LogP contribution in [0.3, 0.4) is 0 Å². The molecule has 1 aromatic carbocycles. The van der Waals surface area contributed by atoms with Gasteiger partial charge in [0.25, 0.3) is 0 Å². The maximum absolute atomic E-state index is 11.8. The van der Waals surface area contributed by atoms with Gasteiger partial charge in [0.15, 0.2) is 0 Å². The van der Waals surface area contributed by atoms with Gasteiger partial charge >= 0.3 is 0 Å². The van der Waals surface area contributed by atoms with Crippen molar-refractivity contribution >= 4 is 5.91 Å². The maximum Gasteiger partial charge on any atom is 0.224 e. The molecule has 0 bridgehead atoms. The predicted molar refractivity (Wildman–Crippen MR) is 75.2 cm³/mol. The number of carbonyl (C=O) groups excluding carboxylic acids is 1. The Morgan fingerprint density at radius 1 is 1.33 bits per heavy atom. The highest BCUT2D eigenvalue weighted by Gasteiger charge is 2.14. The van der Waals surface area contributed by atoms with Crippen LogP contribution in [0, 0.1) is 5.92 Å². The molecule has 0 spiro atoms. The molecular weight excluding hydrogens is 224 g/mol. The number of hydrogen-bond donors (Lipinski definition) is 2. The summed E-state index contributed by atoms with van der Waals surface area (Å²) >= 11 is 0. The summed E-state index contributed by atoms with van der Waals surface area (Å²) in [5.74, 6) is 0.0825. The van der Waals surface area contributed by atoms with Crippen LogP contribution >= 0.6 is 0 Å². The Morgan fingerprint density at radius 2 is 2.06 bits per heavy atom. The second-order valence-corrected chi connectivity index (χ2v) is 4.60. The fourth-order valence-electron chi connectivity index (χ4n) is 2.00. The molecule has 0 saturated heterocycles. The molecule has 0 heterocycles. The monoisotopic (exact) mass is 248 g/mol. The summed E-state index contributed by atoms with van der Waals surface area (Å²) in [5, 5.41) is 2.97. The molecule has 1 amide bonds. The zero-order valence-electron chi connectivity index (χ0n) is 11.2. The van der Waals surface area contributed by atoms with Crippen molar-refractivity contribution in [1.29, 1.82) is 0 Å². The lowest BCUT2D eigenvalue weighted by molar-refractivity contribution is -0.124. The van der Waals surface area contributed by atoms with Gasteiger partial charge in [0.05, 0.1) is 5.92 Å². The highest BCUT2D eigenvalue weighted by molar-refractivity contribution is 5.78. The van der Waals surface area contributed by atoms with Gasteiger partial charge in [-0.1, -0.05) is 43.7 Å². The largest absolute Gasteiger partial charge is 0.356 e. The minimum Gasteiger partial charge on any atom is -0.356 e. The zero-order chi connectivity index (χ0) is 13.2. The third-order valence-electron chi connectivity index (χ3n) is 3.08. The Labute approximate surface area is 110 Å². The molecule has 0 aromatic heterocycles. The van der Waals surface area contributed by atoms with Gasteiger partial charge in [0, 0.05) is 13.1 Å². The number of carbonyl (C=O) groups is 1. The van der Waals surface area contributed by atoms with Crippen LogP contribution in [0.25, 0.3) is 0 Å². The molecule has 18 heavy (non-hydrogen) atoms. The fourth-order valence-corrected chi connectivity index (χ4v) is 2.00. The van der Waals surface area contributed by atoms with E-state index < -0.39 is 0 Å². The van der Waals surface area contributed by atoms with E-state index in [4.69, 9.17) is 5.73 Å². The first-order valence-corrected chi connectivity index (χ1v) is 6.79. The van der Waals surface area contributed by atoms with Crippen molar-refractivity contribution in [3.63, 3.8) is 0 Å². The first-order chi connectivity index (χ1) is 8.77. The van der Waals surface area contributed by atoms with E-state index in [1.54, 1.807) is 0 Å². The average Bonchev–Trinajstić information content (AvgIpc) is 2.42. The third-order valence-corrected chi connectivity index (χ3v) is 3.08. The molecule has 100 valence electrons. The minimum atomic E-state index is -0.0216. The van der Waals surface area contributed by atoms with E-state index in [0.717, 1.165) is 32.2 Å². The predicted octanol–water partition coefficient (Wildman–Crippen LogP) is 2.11. The Kier molecular flexibility index (Phi) is 7.11. The zero-order valence-corrected chi connectivity index (χ0v) is 11.2. The molecule has 0 aliphatic carbocycles. The van der Waals surface area contributed by atoms with Gasteiger partial charge in [-0.05, 0) is 24.8 Å². The van der Waals surface area contributed by atoms with Gasteiger partial charge in [-0.15, -0.1) is 0 Å². The first kappa shape index (κ1) is 14.7. The summed E-state index contributed by atoms with van der Waals surface area (Å²) in [5.41, 5.74) is 6.91. The van der Waals surface area contributed by atoms with E-state index in [2.05, 4.69) is 24.4 Å². The van der Waals surface area contributed by atoms with E-state index in [1.165, 1.54) is 5.56 Å². The second-order valence-electron chi connectivity index (χ2n) is 4.60. The van der Waals surface area contributed by atoms with Crippen LogP contribution in [0.4, 0.5) is 0 Å². The molecule has 3 N–H and O–H groups in total. The van der Waals surface area contributed by atoms with Crippen molar-refractivity contribution in [2.75, 3.05) is 13.1 Å². The van der Waals surface area contributed by atoms with Crippen LogP contribution in [0.5, 0.6) is 0 Å². The highest BCUT2D eigenvalue weighted by Crippen LogP contribution is 2.05. The lowest BCUT2D eigenvalue weighted by Crippen LogP contribution is -2.35. The van der Waals surface area contributed by atoms with E-state index >= 15 is 0 Å². The van der Waals surface area contributed by atoms with Crippen LogP contribution in [0.1, 0.15) is 31.7 Å². The molecule has 1 aromatic rings. The fraction of sp³-hybridized carbons (Fsp3) is 0.533. The molecule has 1 unspecified atom stereocenters. The number of nitrogens with one attached hydrogen (secondary N) is 1. The molecular formula is C15H24N2O. The Bertz CT molecular complexity index is 338. The topological polar surface area (TPSA) is 55.1 Å². The third kappa shape index (κ3) is 5.32. The Morgan fingerprint density at radius 3 is 2.67 bits per heavy atom. The molecule has 3 nitrogen and oxygen atoms in total. The summed E-state index contributed by atoms with van der Waals surface area (Å²) in [6, 6.07) is 10.3. The molecule has 0 aliphatic heterocycles. The van der Waals surface area contributed by atoms with Gasteiger partial charge in [-0.25, -0.2) is 0 Å². The van der Waals surface area contributed by atoms with E-state index in [1.807, 2.05) is 18.2 Å². The second kappa shape index (κ2) is 8.70. The lowest BCUT2D eigenvalue weighted by atomic mass is 10.0. The average molecular weight is 248 g/mol.